The summed E-state index contributed by atoms with van der Waals surface area (Å²) in [6.07, 6.45) is 1.59. The van der Waals surface area contributed by atoms with E-state index >= 15 is 0 Å². The zero-order valence-electron chi connectivity index (χ0n) is 12.6. The third-order valence-corrected chi connectivity index (χ3v) is 3.10. The molecule has 0 atom stereocenters. The van der Waals surface area contributed by atoms with Crippen molar-refractivity contribution in [3.63, 3.8) is 0 Å². The standard InChI is InChI=1S/C13H18BrN5O3/c1-19(2)11(20)7-22-12-9(14)4-8(5-10(12)21-3)6-17-18-13(15)16/h4-6H,7H2,1-3H3,(H4,15,16,18)/p+1/b17-6+. The van der Waals surface area contributed by atoms with Gasteiger partial charge >= 0.3 is 0 Å². The van der Waals surface area contributed by atoms with E-state index in [1.54, 1.807) is 32.4 Å². The highest BCUT2D eigenvalue weighted by Gasteiger charge is 2.14. The molecule has 0 saturated heterocycles. The lowest BCUT2D eigenvalue weighted by Gasteiger charge is -2.15. The summed E-state index contributed by atoms with van der Waals surface area (Å²) >= 11 is 3.38. The van der Waals surface area contributed by atoms with E-state index in [1.165, 1.54) is 12.0 Å². The summed E-state index contributed by atoms with van der Waals surface area (Å²) in [6, 6.07) is 3.49. The van der Waals surface area contributed by atoms with Gasteiger partial charge in [0.2, 0.25) is 6.21 Å². The summed E-state index contributed by atoms with van der Waals surface area (Å²) in [4.78, 5) is 13.0. The molecule has 0 aliphatic carbocycles. The second-order valence-electron chi connectivity index (χ2n) is 4.42. The maximum atomic E-state index is 11.6. The molecule has 120 valence electrons. The van der Waals surface area contributed by atoms with Crippen LogP contribution < -0.4 is 26.0 Å². The molecule has 0 aliphatic rings. The number of hydrazone groups is 1. The smallest absolute Gasteiger partial charge is 0.259 e. The molecule has 9 heteroatoms. The lowest BCUT2D eigenvalue weighted by molar-refractivity contribution is -0.456. The van der Waals surface area contributed by atoms with Crippen LogP contribution in [0.1, 0.15) is 5.56 Å². The Morgan fingerprint density at radius 3 is 2.68 bits per heavy atom. The van der Waals surface area contributed by atoms with Gasteiger partial charge in [-0.1, -0.05) is 0 Å². The molecule has 8 nitrogen and oxygen atoms in total. The predicted octanol–water partition coefficient (Wildman–Crippen LogP) is -1.39. The third-order valence-electron chi connectivity index (χ3n) is 2.52. The minimum atomic E-state index is -0.154. The number of hydrogen-bond donors (Lipinski definition) is 3. The van der Waals surface area contributed by atoms with Gasteiger partial charge in [-0.15, -0.1) is 5.10 Å². The van der Waals surface area contributed by atoms with Crippen LogP contribution in [0.25, 0.3) is 0 Å². The summed E-state index contributed by atoms with van der Waals surface area (Å²) < 4.78 is 11.4. The van der Waals surface area contributed by atoms with Crippen LogP contribution in [0.2, 0.25) is 0 Å². The van der Waals surface area contributed by atoms with Gasteiger partial charge in [0.05, 0.1) is 11.6 Å². The number of carbonyl (C=O) groups is 1. The van der Waals surface area contributed by atoms with Gasteiger partial charge in [0, 0.05) is 24.8 Å². The Hall–Kier alpha value is -2.29. The van der Waals surface area contributed by atoms with E-state index in [9.17, 15) is 4.79 Å². The van der Waals surface area contributed by atoms with Gasteiger partial charge in [0.15, 0.2) is 18.1 Å². The minimum absolute atomic E-state index is 0.0792. The summed E-state index contributed by atoms with van der Waals surface area (Å²) in [6.45, 7) is -0.0860. The van der Waals surface area contributed by atoms with Crippen LogP contribution in [0.3, 0.4) is 0 Å². The molecule has 22 heavy (non-hydrogen) atoms. The first-order chi connectivity index (χ1) is 10.3. The number of methoxy groups -OCH3 is 1. The highest BCUT2D eigenvalue weighted by molar-refractivity contribution is 9.10. The lowest BCUT2D eigenvalue weighted by Crippen LogP contribution is -2.63. The maximum absolute atomic E-state index is 11.6. The molecule has 0 radical (unpaired) electrons. The predicted molar refractivity (Wildman–Crippen MR) is 86.8 cm³/mol. The average Bonchev–Trinajstić information content (AvgIpc) is 2.44. The van der Waals surface area contributed by atoms with E-state index < -0.39 is 0 Å². The van der Waals surface area contributed by atoms with Gasteiger partial charge < -0.3 is 25.8 Å². The van der Waals surface area contributed by atoms with Crippen LogP contribution in [-0.2, 0) is 4.79 Å². The molecule has 0 aromatic heterocycles. The second kappa shape index (κ2) is 8.23. The van der Waals surface area contributed by atoms with Crippen molar-refractivity contribution < 1.29 is 19.4 Å². The van der Waals surface area contributed by atoms with Crippen molar-refractivity contribution in [2.45, 2.75) is 0 Å². The molecular formula is C13H19BrN5O3+. The number of nitrogens with zero attached hydrogens (tertiary/aromatic N) is 2. The topological polar surface area (TPSA) is 117 Å². The number of benzene rings is 1. The summed E-state index contributed by atoms with van der Waals surface area (Å²) in [5.41, 5.74) is 11.2. The lowest BCUT2D eigenvalue weighted by atomic mass is 10.2. The number of rotatable bonds is 6. The van der Waals surface area contributed by atoms with Crippen molar-refractivity contribution in [3.8, 4) is 11.5 Å². The molecule has 0 unspecified atom stereocenters. The fraction of sp³-hybridized carbons (Fsp3) is 0.308. The Morgan fingerprint density at radius 2 is 2.14 bits per heavy atom. The Kier molecular flexibility index (Phi) is 6.64. The number of carbonyl (C=O) groups excluding carboxylic acids is 1. The van der Waals surface area contributed by atoms with Crippen LogP contribution in [0, 0.1) is 0 Å². The van der Waals surface area contributed by atoms with Crippen LogP contribution >= 0.6 is 15.9 Å². The Morgan fingerprint density at radius 1 is 1.45 bits per heavy atom. The number of nitrogens with two attached hydrogens (primary N) is 2. The van der Waals surface area contributed by atoms with E-state index in [1.807, 2.05) is 0 Å². The molecule has 1 aromatic carbocycles. The van der Waals surface area contributed by atoms with Crippen molar-refractivity contribution in [1.29, 1.82) is 0 Å². The zero-order valence-corrected chi connectivity index (χ0v) is 14.2. The number of likely N-dealkylation sites (N-methyl/N-ethyl adjacent to an activating group) is 1. The molecule has 0 aliphatic heterocycles. The van der Waals surface area contributed by atoms with Gasteiger partial charge in [-0.05, 0) is 28.1 Å². The highest BCUT2D eigenvalue weighted by atomic mass is 79.9. The molecule has 0 bridgehead atoms. The quantitative estimate of drug-likeness (QED) is 0.323. The molecule has 1 aromatic rings. The van der Waals surface area contributed by atoms with Crippen LogP contribution in [0.5, 0.6) is 11.5 Å². The van der Waals surface area contributed by atoms with Crippen molar-refractivity contribution in [1.82, 2.24) is 4.90 Å². The van der Waals surface area contributed by atoms with Crippen LogP contribution in [0.4, 0.5) is 0 Å². The van der Waals surface area contributed by atoms with Crippen molar-refractivity contribution in [2.24, 2.45) is 16.6 Å². The van der Waals surface area contributed by atoms with E-state index in [0.29, 0.717) is 16.0 Å². The monoisotopic (exact) mass is 372 g/mol. The van der Waals surface area contributed by atoms with Crippen molar-refractivity contribution >= 4 is 34.0 Å². The van der Waals surface area contributed by atoms with Crippen LogP contribution in [0.15, 0.2) is 21.7 Å². The Labute approximate surface area is 136 Å². The SMILES string of the molecule is COc1cc(/C=[NH+]/N=C(N)N)cc(Br)c1OCC(=O)N(C)C. The Bertz CT molecular complexity index is 598. The first kappa shape index (κ1) is 17.8. The van der Waals surface area contributed by atoms with Crippen molar-refractivity contribution in [2.75, 3.05) is 27.8 Å². The normalized spacial score (nSPS) is 10.4. The number of halogens is 1. The van der Waals surface area contributed by atoms with Gasteiger partial charge in [0.1, 0.15) is 0 Å². The van der Waals surface area contributed by atoms with E-state index in [0.717, 1.165) is 5.56 Å². The van der Waals surface area contributed by atoms with Crippen LogP contribution in [-0.4, -0.2) is 50.8 Å². The minimum Gasteiger partial charge on any atom is -0.493 e. The van der Waals surface area contributed by atoms with E-state index in [2.05, 4.69) is 26.1 Å². The second-order valence-corrected chi connectivity index (χ2v) is 5.28. The molecule has 0 saturated carbocycles. The fourth-order valence-corrected chi connectivity index (χ4v) is 1.98. The van der Waals surface area contributed by atoms with Gasteiger partial charge in [0.25, 0.3) is 11.9 Å². The number of hydrogen-bond acceptors (Lipinski definition) is 4. The number of ether oxygens (including phenoxy) is 2. The number of amides is 1. The summed E-state index contributed by atoms with van der Waals surface area (Å²) in [5, 5.41) is 6.23. The van der Waals surface area contributed by atoms with E-state index in [-0.39, 0.29) is 18.5 Å². The van der Waals surface area contributed by atoms with Gasteiger partial charge in [-0.25, -0.2) is 0 Å². The molecular weight excluding hydrogens is 354 g/mol. The fourth-order valence-electron chi connectivity index (χ4n) is 1.41. The first-order valence-corrected chi connectivity index (χ1v) is 7.02. The third kappa shape index (κ3) is 5.24. The average molecular weight is 373 g/mol. The molecule has 0 spiro atoms. The summed E-state index contributed by atoms with van der Waals surface area (Å²) in [7, 11) is 4.83. The maximum Gasteiger partial charge on any atom is 0.259 e. The van der Waals surface area contributed by atoms with Gasteiger partial charge in [-0.3, -0.25) is 4.79 Å². The first-order valence-electron chi connectivity index (χ1n) is 6.23. The molecule has 5 N–H and O–H groups in total. The Balaban J connectivity index is 2.98. The van der Waals surface area contributed by atoms with E-state index in [4.69, 9.17) is 20.9 Å². The molecule has 1 rings (SSSR count). The molecule has 0 fully saturated rings. The largest absolute Gasteiger partial charge is 0.493 e. The zero-order chi connectivity index (χ0) is 16.7. The number of nitrogens with one attached hydrogen (secondary N) is 1. The van der Waals surface area contributed by atoms with Crippen molar-refractivity contribution in [3.05, 3.63) is 22.2 Å². The molecule has 1 amide bonds. The molecule has 0 heterocycles. The number of guanidine groups is 1. The summed E-state index contributed by atoms with van der Waals surface area (Å²) in [5.74, 6) is 0.679. The highest BCUT2D eigenvalue weighted by Crippen LogP contribution is 2.36. The van der Waals surface area contributed by atoms with Gasteiger partial charge in [-0.2, -0.15) is 0 Å².